The van der Waals surface area contributed by atoms with Crippen molar-refractivity contribution in [3.63, 3.8) is 0 Å². The van der Waals surface area contributed by atoms with E-state index >= 15 is 0 Å². The number of aromatic nitrogens is 3. The highest BCUT2D eigenvalue weighted by Gasteiger charge is 2.36. The van der Waals surface area contributed by atoms with Crippen LogP contribution in [0, 0.1) is 0 Å². The lowest BCUT2D eigenvalue weighted by Gasteiger charge is -2.27. The van der Waals surface area contributed by atoms with E-state index in [0.717, 1.165) is 34.8 Å². The number of aryl methyl sites for hydroxylation is 1. The van der Waals surface area contributed by atoms with E-state index in [1.54, 1.807) is 11.3 Å². The van der Waals surface area contributed by atoms with Crippen LogP contribution in [0.5, 0.6) is 0 Å². The molecule has 1 atom stereocenters. The highest BCUT2D eigenvalue weighted by Crippen LogP contribution is 2.36. The first-order chi connectivity index (χ1) is 12.8. The summed E-state index contributed by atoms with van der Waals surface area (Å²) in [6.07, 6.45) is 8.97. The van der Waals surface area contributed by atoms with E-state index in [9.17, 15) is 0 Å². The maximum Gasteiger partial charge on any atom is 0.165 e. The van der Waals surface area contributed by atoms with Crippen molar-refractivity contribution in [2.75, 3.05) is 13.1 Å². The number of fused-ring (bicyclic) bond motifs is 1. The van der Waals surface area contributed by atoms with E-state index in [4.69, 9.17) is 4.99 Å². The van der Waals surface area contributed by atoms with Gasteiger partial charge in [-0.1, -0.05) is 18.4 Å². The average Bonchev–Trinajstić information content (AvgIpc) is 3.32. The summed E-state index contributed by atoms with van der Waals surface area (Å²) in [7, 11) is 1.97. The van der Waals surface area contributed by atoms with Gasteiger partial charge in [0.25, 0.3) is 0 Å². The maximum absolute atomic E-state index is 4.89. The van der Waals surface area contributed by atoms with Crippen LogP contribution < -0.4 is 4.72 Å². The minimum absolute atomic E-state index is 0.442. The monoisotopic (exact) mass is 386 g/mol. The topological polar surface area (TPSA) is 58.3 Å². The van der Waals surface area contributed by atoms with Crippen LogP contribution in [0.2, 0.25) is 0 Å². The minimum atomic E-state index is 0.442. The Kier molecular flexibility index (Phi) is 4.34. The van der Waals surface area contributed by atoms with Gasteiger partial charge < -0.3 is 4.90 Å². The molecule has 5 rings (SSSR count). The van der Waals surface area contributed by atoms with Gasteiger partial charge in [0.05, 0.1) is 12.2 Å². The van der Waals surface area contributed by atoms with Gasteiger partial charge in [-0.2, -0.15) is 5.10 Å². The van der Waals surface area contributed by atoms with Gasteiger partial charge in [-0.05, 0) is 18.9 Å². The molecule has 3 aliphatic rings. The second-order valence-corrected chi connectivity index (χ2v) is 9.11. The Morgan fingerprint density at radius 1 is 1.35 bits per heavy atom. The molecule has 1 aliphatic carbocycles. The van der Waals surface area contributed by atoms with Crippen molar-refractivity contribution < 1.29 is 0 Å². The summed E-state index contributed by atoms with van der Waals surface area (Å²) in [4.78, 5) is 11.8. The van der Waals surface area contributed by atoms with Gasteiger partial charge in [0, 0.05) is 60.3 Å². The maximum atomic E-state index is 4.89. The molecule has 0 spiro atoms. The zero-order valence-corrected chi connectivity index (χ0v) is 16.4. The fourth-order valence-corrected chi connectivity index (χ4v) is 5.42. The van der Waals surface area contributed by atoms with Gasteiger partial charge >= 0.3 is 0 Å². The SMILES string of the molecule is Cn1ccc(C2=C3CC(NSC4CCC4)CN3C(c3nccs3)=NC2)n1. The molecule has 8 heteroatoms. The van der Waals surface area contributed by atoms with Crippen LogP contribution >= 0.6 is 23.3 Å². The third kappa shape index (κ3) is 3.00. The van der Waals surface area contributed by atoms with Crippen LogP contribution in [0.3, 0.4) is 0 Å². The molecular weight excluding hydrogens is 364 g/mol. The first-order valence-electron chi connectivity index (χ1n) is 9.13. The van der Waals surface area contributed by atoms with Crippen LogP contribution in [-0.2, 0) is 7.05 Å². The molecule has 1 N–H and O–H groups in total. The van der Waals surface area contributed by atoms with E-state index in [1.165, 1.54) is 30.5 Å². The van der Waals surface area contributed by atoms with Crippen molar-refractivity contribution >= 4 is 34.7 Å². The normalized spacial score (nSPS) is 23.2. The Balaban J connectivity index is 1.43. The summed E-state index contributed by atoms with van der Waals surface area (Å²) in [5.41, 5.74) is 3.65. The highest BCUT2D eigenvalue weighted by atomic mass is 32.2. The largest absolute Gasteiger partial charge is 0.326 e. The molecule has 1 saturated heterocycles. The van der Waals surface area contributed by atoms with Crippen LogP contribution in [0.15, 0.2) is 34.5 Å². The van der Waals surface area contributed by atoms with E-state index in [1.807, 2.05) is 41.5 Å². The molecule has 2 fully saturated rings. The first-order valence-corrected chi connectivity index (χ1v) is 10.9. The Morgan fingerprint density at radius 2 is 2.27 bits per heavy atom. The van der Waals surface area contributed by atoms with Gasteiger partial charge in [-0.3, -0.25) is 14.4 Å². The molecule has 0 aromatic carbocycles. The second-order valence-electron chi connectivity index (χ2n) is 7.08. The van der Waals surface area contributed by atoms with Gasteiger partial charge in [0.1, 0.15) is 0 Å². The Bertz CT molecular complexity index is 849. The summed E-state index contributed by atoms with van der Waals surface area (Å²) in [5.74, 6) is 1.02. The zero-order chi connectivity index (χ0) is 17.5. The lowest BCUT2D eigenvalue weighted by molar-refractivity contribution is 0.512. The second kappa shape index (κ2) is 6.83. The van der Waals surface area contributed by atoms with E-state index in [0.29, 0.717) is 12.6 Å². The number of hydrogen-bond acceptors (Lipinski definition) is 7. The molecular formula is C18H22N6S2. The average molecular weight is 387 g/mol. The molecule has 2 aromatic rings. The third-order valence-corrected chi connectivity index (χ3v) is 7.30. The summed E-state index contributed by atoms with van der Waals surface area (Å²) >= 11 is 3.59. The van der Waals surface area contributed by atoms with Gasteiger partial charge in [0.2, 0.25) is 0 Å². The quantitative estimate of drug-likeness (QED) is 0.801. The molecule has 2 aliphatic heterocycles. The summed E-state index contributed by atoms with van der Waals surface area (Å²) < 4.78 is 5.59. The van der Waals surface area contributed by atoms with Crippen molar-refractivity contribution in [1.82, 2.24) is 24.4 Å². The number of nitrogens with one attached hydrogen (secondary N) is 1. The predicted molar refractivity (Wildman–Crippen MR) is 107 cm³/mol. The summed E-state index contributed by atoms with van der Waals surface area (Å²) in [6, 6.07) is 2.53. The van der Waals surface area contributed by atoms with Crippen molar-refractivity contribution in [2.24, 2.45) is 12.0 Å². The van der Waals surface area contributed by atoms with Gasteiger partial charge in [0.15, 0.2) is 10.8 Å². The fraction of sp³-hybridized carbons (Fsp3) is 0.500. The Hall–Kier alpha value is -1.64. The molecule has 0 amide bonds. The molecule has 1 unspecified atom stereocenters. The smallest absolute Gasteiger partial charge is 0.165 e. The number of aliphatic imine (C=N–C) groups is 1. The number of rotatable bonds is 5. The number of amidine groups is 1. The van der Waals surface area contributed by atoms with E-state index in [-0.39, 0.29) is 0 Å². The van der Waals surface area contributed by atoms with Gasteiger partial charge in [-0.15, -0.1) is 11.3 Å². The fourth-order valence-electron chi connectivity index (χ4n) is 3.65. The minimum Gasteiger partial charge on any atom is -0.326 e. The molecule has 26 heavy (non-hydrogen) atoms. The van der Waals surface area contributed by atoms with Crippen LogP contribution in [-0.4, -0.2) is 49.9 Å². The molecule has 1 saturated carbocycles. The number of thiazole rings is 1. The van der Waals surface area contributed by atoms with Crippen LogP contribution in [0.4, 0.5) is 0 Å². The van der Waals surface area contributed by atoms with E-state index < -0.39 is 0 Å². The molecule has 0 bridgehead atoms. The zero-order valence-electron chi connectivity index (χ0n) is 14.8. The third-order valence-electron chi connectivity index (χ3n) is 5.26. The molecule has 2 aromatic heterocycles. The Morgan fingerprint density at radius 3 is 2.96 bits per heavy atom. The number of nitrogens with zero attached hydrogens (tertiary/aromatic N) is 5. The van der Waals surface area contributed by atoms with Crippen molar-refractivity contribution in [3.05, 3.63) is 40.2 Å². The predicted octanol–water partition coefficient (Wildman–Crippen LogP) is 2.91. The van der Waals surface area contributed by atoms with Crippen LogP contribution in [0.1, 0.15) is 36.4 Å². The highest BCUT2D eigenvalue weighted by molar-refractivity contribution is 7.98. The molecule has 6 nitrogen and oxygen atoms in total. The van der Waals surface area contributed by atoms with Crippen molar-refractivity contribution in [1.29, 1.82) is 0 Å². The first kappa shape index (κ1) is 16.5. The van der Waals surface area contributed by atoms with Crippen LogP contribution in [0.25, 0.3) is 5.57 Å². The number of hydrogen-bond donors (Lipinski definition) is 1. The van der Waals surface area contributed by atoms with E-state index in [2.05, 4.69) is 25.8 Å². The summed E-state index contributed by atoms with van der Waals surface area (Å²) in [5, 5.41) is 8.45. The standard InChI is InChI=1S/C18H22N6S2/c1-23-7-5-15(21-23)14-10-20-17(18-19-6-8-25-18)24-11-12(9-16(14)24)22-26-13-3-2-4-13/h5-8,12-13,22H,2-4,9-11H2,1H3. The van der Waals surface area contributed by atoms with Gasteiger partial charge in [-0.25, -0.2) is 4.98 Å². The van der Waals surface area contributed by atoms with Crippen molar-refractivity contribution in [3.8, 4) is 0 Å². The lowest BCUT2D eigenvalue weighted by Crippen LogP contribution is -2.35. The summed E-state index contributed by atoms with van der Waals surface area (Å²) in [6.45, 7) is 1.63. The lowest BCUT2D eigenvalue weighted by atomic mass is 10.0. The Labute approximate surface area is 161 Å². The molecule has 4 heterocycles. The molecule has 136 valence electrons. The molecule has 0 radical (unpaired) electrons. The van der Waals surface area contributed by atoms with Crippen molar-refractivity contribution in [2.45, 2.75) is 37.0 Å².